The van der Waals surface area contributed by atoms with Gasteiger partial charge < -0.3 is 39.4 Å². The lowest BCUT2D eigenvalue weighted by Crippen LogP contribution is -2.36. The molecule has 0 atom stereocenters. The van der Waals surface area contributed by atoms with E-state index in [1.54, 1.807) is 19.6 Å². The van der Waals surface area contributed by atoms with Gasteiger partial charge in [0.25, 0.3) is 0 Å². The Morgan fingerprint density at radius 3 is 1.39 bits per heavy atom. The number of hydrogen-bond acceptors (Lipinski definition) is 9. The normalized spacial score (nSPS) is 10.4. The minimum Gasteiger partial charge on any atom is -0.489 e. The molecule has 0 aliphatic heterocycles. The molecule has 11 heteroatoms. The van der Waals surface area contributed by atoms with Crippen LogP contribution in [0.15, 0.2) is 209 Å². The van der Waals surface area contributed by atoms with Crippen molar-refractivity contribution in [2.45, 2.75) is 52.2 Å². The van der Waals surface area contributed by atoms with Gasteiger partial charge in [-0.05, 0) is 126 Å². The van der Waals surface area contributed by atoms with Crippen molar-refractivity contribution < 1.29 is 27.8 Å². The number of carbonyl (C=O) groups excluding carboxylic acids is 1. The monoisotopic (exact) mass is 923 g/mol. The molecule has 0 spiro atoms. The van der Waals surface area contributed by atoms with Crippen molar-refractivity contribution >= 4 is 14.3 Å². The highest BCUT2D eigenvalue weighted by molar-refractivity contribution is 5.77. The van der Waals surface area contributed by atoms with E-state index in [0.29, 0.717) is 39.5 Å². The highest BCUT2D eigenvalue weighted by Crippen LogP contribution is 2.19. The molecule has 2 aromatic heterocycles. The van der Waals surface area contributed by atoms with Gasteiger partial charge in [0, 0.05) is 22.0 Å². The van der Waals surface area contributed by atoms with Crippen molar-refractivity contribution in [3.63, 3.8) is 0 Å². The highest BCUT2D eigenvalue weighted by atomic mass is 16.5. The summed E-state index contributed by atoms with van der Waals surface area (Å²) < 4.78 is 28.2. The van der Waals surface area contributed by atoms with Crippen LogP contribution < -0.4 is 30.6 Å². The van der Waals surface area contributed by atoms with Crippen molar-refractivity contribution in [2.24, 2.45) is 5.73 Å². The quantitative estimate of drug-likeness (QED) is 0.0425. The Bertz CT molecular complexity index is 2560. The maximum atomic E-state index is 11.8. The summed E-state index contributed by atoms with van der Waals surface area (Å²) in [4.78, 5) is 13.9. The van der Waals surface area contributed by atoms with Gasteiger partial charge in [0.2, 0.25) is 5.91 Å². The molecule has 8 rings (SSSR count). The van der Waals surface area contributed by atoms with Crippen LogP contribution in [0, 0.1) is 0 Å². The minimum atomic E-state index is -0.00787. The number of rotatable bonds is 23. The number of amides is 1. The van der Waals surface area contributed by atoms with Crippen LogP contribution in [0.25, 0.3) is 0 Å². The molecular weight excluding hydrogens is 859 g/mol. The van der Waals surface area contributed by atoms with Gasteiger partial charge in [-0.1, -0.05) is 127 Å². The van der Waals surface area contributed by atoms with Gasteiger partial charge >= 0.3 is 0 Å². The number of nitrogens with zero attached hydrogens (tertiary/aromatic N) is 1. The number of furan rings is 2. The predicted octanol–water partition coefficient (Wildman–Crippen LogP) is 10.2. The largest absolute Gasteiger partial charge is 0.489 e. The number of hydrogen-bond donors (Lipinski definition) is 3. The SMILES string of the molecule is CNC(=O)CN(CCc1cccc(OCc2ccccc2)c1)Cc1ccco1.NCCc1cccc(OCc2ccccc2)c1.[B].c1ccc(COc2cccc(CCNCc3ccco3)c2)cc1. The molecule has 0 fully saturated rings. The molecule has 8 aromatic rings. The Balaban J connectivity index is 0.000000197. The Labute approximate surface area is 410 Å². The second-order valence-corrected chi connectivity index (χ2v) is 16.0. The third-order valence-corrected chi connectivity index (χ3v) is 10.7. The molecule has 2 heterocycles. The van der Waals surface area contributed by atoms with E-state index in [9.17, 15) is 4.79 Å². The van der Waals surface area contributed by atoms with E-state index in [4.69, 9.17) is 28.8 Å². The first-order valence-corrected chi connectivity index (χ1v) is 23.2. The van der Waals surface area contributed by atoms with Crippen molar-refractivity contribution in [1.82, 2.24) is 15.5 Å². The van der Waals surface area contributed by atoms with Gasteiger partial charge in [0.1, 0.15) is 48.6 Å². The maximum absolute atomic E-state index is 11.8. The average Bonchev–Trinajstić information content (AvgIpc) is 4.12. The second kappa shape index (κ2) is 30.9. The van der Waals surface area contributed by atoms with Crippen LogP contribution in [-0.4, -0.2) is 52.4 Å². The van der Waals surface area contributed by atoms with E-state index in [1.165, 1.54) is 27.8 Å². The number of nitrogens with two attached hydrogens (primary N) is 1. The van der Waals surface area contributed by atoms with E-state index < -0.39 is 0 Å². The predicted molar refractivity (Wildman–Crippen MR) is 276 cm³/mol. The summed E-state index contributed by atoms with van der Waals surface area (Å²) in [5.74, 6) is 4.47. The zero-order valence-electron chi connectivity index (χ0n) is 39.6. The Kier molecular flexibility index (Phi) is 23.6. The lowest BCUT2D eigenvalue weighted by atomic mass is 10.1. The van der Waals surface area contributed by atoms with Crippen LogP contribution in [0.2, 0.25) is 0 Å². The van der Waals surface area contributed by atoms with Crippen LogP contribution in [0.4, 0.5) is 0 Å². The molecule has 0 saturated heterocycles. The average molecular weight is 924 g/mol. The molecule has 69 heavy (non-hydrogen) atoms. The smallest absolute Gasteiger partial charge is 0.233 e. The molecule has 3 radical (unpaired) electrons. The van der Waals surface area contributed by atoms with Crippen molar-refractivity contribution in [1.29, 1.82) is 0 Å². The maximum Gasteiger partial charge on any atom is 0.233 e. The van der Waals surface area contributed by atoms with E-state index in [1.807, 2.05) is 115 Å². The third-order valence-electron chi connectivity index (χ3n) is 10.7. The van der Waals surface area contributed by atoms with Gasteiger partial charge in [-0.3, -0.25) is 9.69 Å². The molecule has 6 aromatic carbocycles. The van der Waals surface area contributed by atoms with Crippen LogP contribution in [-0.2, 0) is 57.0 Å². The number of ether oxygens (including phenoxy) is 3. The summed E-state index contributed by atoms with van der Waals surface area (Å²) in [7, 11) is 1.65. The first kappa shape index (κ1) is 52.7. The van der Waals surface area contributed by atoms with E-state index >= 15 is 0 Å². The summed E-state index contributed by atoms with van der Waals surface area (Å²) in [6, 6.07) is 62.7. The zero-order valence-corrected chi connectivity index (χ0v) is 39.6. The Hall–Kier alpha value is -7.31. The minimum absolute atomic E-state index is 0. The molecule has 1 amide bonds. The van der Waals surface area contributed by atoms with Crippen molar-refractivity contribution in [3.05, 3.63) is 245 Å². The van der Waals surface area contributed by atoms with E-state index in [2.05, 4.69) is 88.3 Å². The number of benzene rings is 6. The first-order valence-electron chi connectivity index (χ1n) is 23.2. The topological polar surface area (TPSA) is 124 Å². The second-order valence-electron chi connectivity index (χ2n) is 16.0. The van der Waals surface area contributed by atoms with Gasteiger partial charge in [-0.25, -0.2) is 0 Å². The fourth-order valence-corrected chi connectivity index (χ4v) is 7.03. The van der Waals surface area contributed by atoms with Crippen LogP contribution in [0.5, 0.6) is 17.2 Å². The summed E-state index contributed by atoms with van der Waals surface area (Å²) in [5, 5.41) is 6.06. The number of carbonyl (C=O) groups is 1. The van der Waals surface area contributed by atoms with Gasteiger partial charge in [-0.15, -0.1) is 0 Å². The molecular formula is C58H64BN4O6. The van der Waals surface area contributed by atoms with Crippen molar-refractivity contribution in [3.8, 4) is 17.2 Å². The van der Waals surface area contributed by atoms with E-state index in [0.717, 1.165) is 73.2 Å². The van der Waals surface area contributed by atoms with E-state index in [-0.39, 0.29) is 14.3 Å². The molecule has 355 valence electrons. The molecule has 0 unspecified atom stereocenters. The molecule has 0 aliphatic rings. The van der Waals surface area contributed by atoms with Gasteiger partial charge in [0.05, 0.1) is 32.2 Å². The Morgan fingerprint density at radius 1 is 0.522 bits per heavy atom. The fourth-order valence-electron chi connectivity index (χ4n) is 7.03. The number of nitrogens with one attached hydrogen (secondary N) is 2. The van der Waals surface area contributed by atoms with Crippen LogP contribution in [0.1, 0.15) is 44.9 Å². The van der Waals surface area contributed by atoms with Crippen LogP contribution >= 0.6 is 0 Å². The molecule has 0 bridgehead atoms. The summed E-state index contributed by atoms with van der Waals surface area (Å²) in [6.45, 7) is 5.77. The standard InChI is InChI=1S/C23H26N2O3.C20H21NO2.C15H17NO.B/c1-24-23(26)17-25(16-22-11-6-14-27-22)13-12-19-9-5-10-21(15-19)28-18-20-7-3-2-4-8-20;1-2-6-18(7-3-1)16-23-19-9-4-8-17(14-19)11-12-21-15-20-10-5-13-22-20;16-10-9-13-7-4-8-15(11-13)17-12-14-5-2-1-3-6-14;/h2-11,14-15H,12-13,16-18H2,1H3,(H,24,26);1-10,13-14,21H,11-12,15-16H2;1-8,11H,9-10,12,16H2;. The lowest BCUT2D eigenvalue weighted by molar-refractivity contribution is -0.121. The van der Waals surface area contributed by atoms with Gasteiger partial charge in [-0.2, -0.15) is 0 Å². The molecule has 10 nitrogen and oxygen atoms in total. The van der Waals surface area contributed by atoms with Gasteiger partial charge in [0.15, 0.2) is 0 Å². The molecule has 0 saturated carbocycles. The zero-order chi connectivity index (χ0) is 47.3. The number of likely N-dealkylation sites (N-methyl/N-ethyl adjacent to an activating group) is 1. The van der Waals surface area contributed by atoms with Crippen LogP contribution in [0.3, 0.4) is 0 Å². The lowest BCUT2D eigenvalue weighted by Gasteiger charge is -2.20. The Morgan fingerprint density at radius 2 is 0.957 bits per heavy atom. The summed E-state index contributed by atoms with van der Waals surface area (Å²) in [5.41, 5.74) is 12.7. The molecule has 0 aliphatic carbocycles. The highest BCUT2D eigenvalue weighted by Gasteiger charge is 2.12. The summed E-state index contributed by atoms with van der Waals surface area (Å²) >= 11 is 0. The third kappa shape index (κ3) is 20.6. The molecule has 4 N–H and O–H groups in total. The summed E-state index contributed by atoms with van der Waals surface area (Å²) in [6.07, 6.45) is 6.03. The first-order chi connectivity index (χ1) is 33.5. The van der Waals surface area contributed by atoms with Crippen molar-refractivity contribution in [2.75, 3.05) is 33.2 Å². The fraction of sp³-hybridized carbons (Fsp3) is 0.224.